The molecule has 0 aliphatic heterocycles. The summed E-state index contributed by atoms with van der Waals surface area (Å²) in [5, 5.41) is 0. The molecule has 0 amide bonds. The van der Waals surface area contributed by atoms with E-state index in [0.29, 0.717) is 12.5 Å². The van der Waals surface area contributed by atoms with Gasteiger partial charge in [-0.2, -0.15) is 0 Å². The highest BCUT2D eigenvalue weighted by Gasteiger charge is 2.07. The summed E-state index contributed by atoms with van der Waals surface area (Å²) in [7, 11) is 0. The smallest absolute Gasteiger partial charge is 0.174 e. The summed E-state index contributed by atoms with van der Waals surface area (Å²) >= 11 is 0. The molecular formula is C11H21NO. The molecule has 0 radical (unpaired) electrons. The van der Waals surface area contributed by atoms with Crippen LogP contribution in [-0.2, 0) is 4.74 Å². The van der Waals surface area contributed by atoms with Crippen LogP contribution in [0.5, 0.6) is 0 Å². The first-order chi connectivity index (χ1) is 6.26. The van der Waals surface area contributed by atoms with E-state index in [9.17, 15) is 0 Å². The average Bonchev–Trinajstić information content (AvgIpc) is 2.14. The van der Waals surface area contributed by atoms with E-state index in [2.05, 4.69) is 25.4 Å². The van der Waals surface area contributed by atoms with Gasteiger partial charge in [-0.25, -0.2) is 4.99 Å². The molecule has 1 atom stereocenters. The molecule has 2 heteroatoms. The van der Waals surface area contributed by atoms with E-state index in [1.54, 1.807) is 0 Å². The number of ether oxygens (including phenoxy) is 1. The van der Waals surface area contributed by atoms with Gasteiger partial charge in [-0.05, 0) is 19.8 Å². The Morgan fingerprint density at radius 3 is 2.62 bits per heavy atom. The van der Waals surface area contributed by atoms with Crippen LogP contribution in [0, 0.1) is 5.92 Å². The summed E-state index contributed by atoms with van der Waals surface area (Å²) in [6.45, 7) is 10.9. The third kappa shape index (κ3) is 5.45. The van der Waals surface area contributed by atoms with Crippen LogP contribution in [0.25, 0.3) is 0 Å². The molecule has 0 spiro atoms. The number of nitrogens with zero attached hydrogens (tertiary/aromatic N) is 1. The Balaban J connectivity index is 3.90. The summed E-state index contributed by atoms with van der Waals surface area (Å²) in [6.07, 6.45) is 4.96. The van der Waals surface area contributed by atoms with Crippen LogP contribution in [0.1, 0.15) is 40.0 Å². The van der Waals surface area contributed by atoms with Gasteiger partial charge in [-0.15, -0.1) is 0 Å². The second-order valence-electron chi connectivity index (χ2n) is 3.08. The molecule has 0 rings (SSSR count). The van der Waals surface area contributed by atoms with Crippen LogP contribution in [0.3, 0.4) is 0 Å². The van der Waals surface area contributed by atoms with E-state index in [4.69, 9.17) is 4.74 Å². The lowest BCUT2D eigenvalue weighted by molar-refractivity contribution is 0.342. The molecule has 0 aromatic carbocycles. The van der Waals surface area contributed by atoms with Gasteiger partial charge < -0.3 is 4.74 Å². The zero-order valence-corrected chi connectivity index (χ0v) is 9.05. The normalized spacial score (nSPS) is 13.2. The van der Waals surface area contributed by atoms with Crippen molar-refractivity contribution in [2.75, 3.05) is 6.61 Å². The first-order valence-corrected chi connectivity index (χ1v) is 5.09. The summed E-state index contributed by atoms with van der Waals surface area (Å²) < 4.78 is 5.02. The fourth-order valence-corrected chi connectivity index (χ4v) is 1.24. The number of aliphatic imine (C=N–C) groups is 1. The van der Waals surface area contributed by atoms with E-state index in [1.807, 2.05) is 6.92 Å². The molecule has 0 aromatic heterocycles. The SMILES string of the molecule is C=C(N=COCC)C(CC)CCC. The predicted molar refractivity (Wildman–Crippen MR) is 57.9 cm³/mol. The molecule has 2 nitrogen and oxygen atoms in total. The molecule has 0 heterocycles. The molecule has 0 saturated carbocycles. The minimum Gasteiger partial charge on any atom is -0.483 e. The Kier molecular flexibility index (Phi) is 7.36. The van der Waals surface area contributed by atoms with Crippen molar-refractivity contribution >= 4 is 6.40 Å². The Morgan fingerprint density at radius 1 is 1.46 bits per heavy atom. The predicted octanol–water partition coefficient (Wildman–Crippen LogP) is 3.39. The molecule has 0 aliphatic rings. The van der Waals surface area contributed by atoms with Crippen molar-refractivity contribution in [2.24, 2.45) is 10.9 Å². The van der Waals surface area contributed by atoms with Crippen molar-refractivity contribution < 1.29 is 4.74 Å². The van der Waals surface area contributed by atoms with Crippen LogP contribution in [0.2, 0.25) is 0 Å². The minimum absolute atomic E-state index is 0.515. The number of hydrogen-bond donors (Lipinski definition) is 0. The molecule has 0 aromatic rings. The van der Waals surface area contributed by atoms with E-state index in [1.165, 1.54) is 19.2 Å². The zero-order chi connectivity index (χ0) is 10.1. The van der Waals surface area contributed by atoms with Gasteiger partial charge in [-0.1, -0.05) is 26.8 Å². The lowest BCUT2D eigenvalue weighted by atomic mass is 9.98. The average molecular weight is 183 g/mol. The van der Waals surface area contributed by atoms with Crippen LogP contribution in [-0.4, -0.2) is 13.0 Å². The Bertz CT molecular complexity index is 163. The Hall–Kier alpha value is -0.790. The van der Waals surface area contributed by atoms with Gasteiger partial charge in [0.15, 0.2) is 6.40 Å². The second kappa shape index (κ2) is 7.84. The molecule has 0 fully saturated rings. The van der Waals surface area contributed by atoms with Gasteiger partial charge in [0.05, 0.1) is 6.61 Å². The second-order valence-corrected chi connectivity index (χ2v) is 3.08. The van der Waals surface area contributed by atoms with Gasteiger partial charge in [0.2, 0.25) is 0 Å². The largest absolute Gasteiger partial charge is 0.483 e. The third-order valence-electron chi connectivity index (χ3n) is 2.06. The fourth-order valence-electron chi connectivity index (χ4n) is 1.24. The lowest BCUT2D eigenvalue weighted by Gasteiger charge is -2.12. The molecule has 0 bridgehead atoms. The standard InChI is InChI=1S/C11H21NO/c1-5-8-11(6-2)10(4)12-9-13-7-3/h9,11H,4-8H2,1-3H3. The molecule has 0 saturated heterocycles. The highest BCUT2D eigenvalue weighted by Crippen LogP contribution is 2.19. The minimum atomic E-state index is 0.515. The summed E-state index contributed by atoms with van der Waals surface area (Å²) in [5.74, 6) is 0.515. The number of allylic oxidation sites excluding steroid dienone is 1. The van der Waals surface area contributed by atoms with Crippen molar-refractivity contribution in [2.45, 2.75) is 40.0 Å². The monoisotopic (exact) mass is 183 g/mol. The topological polar surface area (TPSA) is 21.6 Å². The number of hydrogen-bond acceptors (Lipinski definition) is 2. The highest BCUT2D eigenvalue weighted by atomic mass is 16.5. The molecule has 13 heavy (non-hydrogen) atoms. The molecule has 0 N–H and O–H groups in total. The van der Waals surface area contributed by atoms with Crippen molar-refractivity contribution in [1.82, 2.24) is 0 Å². The van der Waals surface area contributed by atoms with E-state index in [0.717, 1.165) is 12.1 Å². The molecule has 0 aliphatic carbocycles. The quantitative estimate of drug-likeness (QED) is 0.438. The van der Waals surface area contributed by atoms with E-state index < -0.39 is 0 Å². The number of rotatable bonds is 7. The van der Waals surface area contributed by atoms with Crippen LogP contribution >= 0.6 is 0 Å². The maximum atomic E-state index is 5.02. The van der Waals surface area contributed by atoms with Crippen LogP contribution in [0.15, 0.2) is 17.3 Å². The fraction of sp³-hybridized carbons (Fsp3) is 0.727. The van der Waals surface area contributed by atoms with Gasteiger partial charge in [0, 0.05) is 11.6 Å². The highest BCUT2D eigenvalue weighted by molar-refractivity contribution is 5.48. The van der Waals surface area contributed by atoms with E-state index in [-0.39, 0.29) is 0 Å². The summed E-state index contributed by atoms with van der Waals surface area (Å²) in [6, 6.07) is 0. The van der Waals surface area contributed by atoms with Crippen molar-refractivity contribution in [3.8, 4) is 0 Å². The Labute approximate surface area is 81.7 Å². The van der Waals surface area contributed by atoms with Gasteiger partial charge in [-0.3, -0.25) is 0 Å². The van der Waals surface area contributed by atoms with Gasteiger partial charge in [0.25, 0.3) is 0 Å². The third-order valence-corrected chi connectivity index (χ3v) is 2.06. The van der Waals surface area contributed by atoms with Gasteiger partial charge >= 0.3 is 0 Å². The maximum Gasteiger partial charge on any atom is 0.174 e. The van der Waals surface area contributed by atoms with Gasteiger partial charge in [0.1, 0.15) is 0 Å². The molecule has 1 unspecified atom stereocenters. The molecular weight excluding hydrogens is 162 g/mol. The summed E-state index contributed by atoms with van der Waals surface area (Å²) in [4.78, 5) is 4.16. The van der Waals surface area contributed by atoms with Crippen LogP contribution < -0.4 is 0 Å². The zero-order valence-electron chi connectivity index (χ0n) is 9.05. The first kappa shape index (κ1) is 12.2. The van der Waals surface area contributed by atoms with Crippen molar-refractivity contribution in [1.29, 1.82) is 0 Å². The van der Waals surface area contributed by atoms with Crippen LogP contribution in [0.4, 0.5) is 0 Å². The molecule has 76 valence electrons. The Morgan fingerprint density at radius 2 is 2.15 bits per heavy atom. The van der Waals surface area contributed by atoms with Crippen molar-refractivity contribution in [3.63, 3.8) is 0 Å². The van der Waals surface area contributed by atoms with Crippen molar-refractivity contribution in [3.05, 3.63) is 12.3 Å². The lowest BCUT2D eigenvalue weighted by Crippen LogP contribution is -2.00. The van der Waals surface area contributed by atoms with E-state index >= 15 is 0 Å². The summed E-state index contributed by atoms with van der Waals surface area (Å²) in [5.41, 5.74) is 0.942. The maximum absolute atomic E-state index is 5.02. The first-order valence-electron chi connectivity index (χ1n) is 5.09.